The molecule has 0 spiro atoms. The maximum absolute atomic E-state index is 12.2. The smallest absolute Gasteiger partial charge is 0.248 e. The zero-order valence-electron chi connectivity index (χ0n) is 14.2. The summed E-state index contributed by atoms with van der Waals surface area (Å²) >= 11 is 6.30. The fourth-order valence-corrected chi connectivity index (χ4v) is 2.83. The van der Waals surface area contributed by atoms with Crippen LogP contribution in [0.3, 0.4) is 0 Å². The van der Waals surface area contributed by atoms with Crippen LogP contribution in [0.15, 0.2) is 78.9 Å². The van der Waals surface area contributed by atoms with Crippen molar-refractivity contribution in [3.63, 3.8) is 0 Å². The van der Waals surface area contributed by atoms with E-state index in [0.29, 0.717) is 21.7 Å². The van der Waals surface area contributed by atoms with Crippen LogP contribution in [0.1, 0.15) is 5.56 Å². The second kappa shape index (κ2) is 7.43. The quantitative estimate of drug-likeness (QED) is 0.525. The van der Waals surface area contributed by atoms with E-state index in [1.165, 1.54) is 6.08 Å². The molecule has 1 heterocycles. The van der Waals surface area contributed by atoms with Crippen molar-refractivity contribution in [2.75, 3.05) is 5.32 Å². The topological polar surface area (TPSA) is 59.8 Å². The number of aromatic nitrogens is 3. The molecule has 0 aliphatic rings. The molecule has 0 saturated heterocycles. The normalized spacial score (nSPS) is 11.1. The molecule has 0 unspecified atom stereocenters. The molecule has 1 amide bonds. The molecule has 27 heavy (non-hydrogen) atoms. The number of carbonyl (C=O) groups excluding carboxylic acids is 1. The third kappa shape index (κ3) is 3.88. The standard InChI is InChI=1S/C21H15ClN4O/c22-17-13-19-20(25-26(24-19)16-9-5-2-6-10-16)14-18(17)23-21(27)12-11-15-7-3-1-4-8-15/h1-14H,(H,23,27)/b12-11+. The minimum atomic E-state index is -0.268. The predicted molar refractivity (Wildman–Crippen MR) is 108 cm³/mol. The van der Waals surface area contributed by atoms with Gasteiger partial charge in [-0.25, -0.2) is 0 Å². The summed E-state index contributed by atoms with van der Waals surface area (Å²) in [4.78, 5) is 13.7. The average molecular weight is 375 g/mol. The van der Waals surface area contributed by atoms with Crippen LogP contribution in [0.5, 0.6) is 0 Å². The second-order valence-electron chi connectivity index (χ2n) is 5.88. The number of fused-ring (bicyclic) bond motifs is 1. The summed E-state index contributed by atoms with van der Waals surface area (Å²) in [5.41, 5.74) is 3.58. The Hall–Kier alpha value is -3.44. The molecule has 0 bridgehead atoms. The highest BCUT2D eigenvalue weighted by atomic mass is 35.5. The molecule has 0 saturated carbocycles. The van der Waals surface area contributed by atoms with E-state index in [1.807, 2.05) is 60.7 Å². The number of para-hydroxylation sites is 1. The number of amides is 1. The van der Waals surface area contributed by atoms with Crippen molar-refractivity contribution < 1.29 is 4.79 Å². The lowest BCUT2D eigenvalue weighted by Gasteiger charge is -2.04. The number of rotatable bonds is 4. The van der Waals surface area contributed by atoms with E-state index in [2.05, 4.69) is 15.5 Å². The Kier molecular flexibility index (Phi) is 4.68. The molecular formula is C21H15ClN4O. The van der Waals surface area contributed by atoms with Gasteiger partial charge >= 0.3 is 0 Å². The lowest BCUT2D eigenvalue weighted by molar-refractivity contribution is -0.111. The van der Waals surface area contributed by atoms with Gasteiger partial charge in [0, 0.05) is 6.08 Å². The Balaban J connectivity index is 1.57. The van der Waals surface area contributed by atoms with E-state index in [0.717, 1.165) is 11.3 Å². The van der Waals surface area contributed by atoms with Crippen molar-refractivity contribution in [1.82, 2.24) is 15.0 Å². The van der Waals surface area contributed by atoms with Crippen molar-refractivity contribution in [2.24, 2.45) is 0 Å². The number of benzene rings is 3. The largest absolute Gasteiger partial charge is 0.321 e. The minimum Gasteiger partial charge on any atom is -0.321 e. The van der Waals surface area contributed by atoms with Gasteiger partial charge in [-0.05, 0) is 35.9 Å². The van der Waals surface area contributed by atoms with E-state index < -0.39 is 0 Å². The molecule has 132 valence electrons. The van der Waals surface area contributed by atoms with Gasteiger partial charge in [0.25, 0.3) is 0 Å². The summed E-state index contributed by atoms with van der Waals surface area (Å²) in [5, 5.41) is 12.1. The average Bonchev–Trinajstić information content (AvgIpc) is 3.11. The molecule has 3 aromatic carbocycles. The summed E-state index contributed by atoms with van der Waals surface area (Å²) < 4.78 is 0. The summed E-state index contributed by atoms with van der Waals surface area (Å²) in [5.74, 6) is -0.268. The number of nitrogens with one attached hydrogen (secondary N) is 1. The summed E-state index contributed by atoms with van der Waals surface area (Å²) in [6, 6.07) is 22.6. The zero-order chi connectivity index (χ0) is 18.6. The molecule has 0 atom stereocenters. The van der Waals surface area contributed by atoms with Crippen molar-refractivity contribution in [3.8, 4) is 5.69 Å². The van der Waals surface area contributed by atoms with Gasteiger partial charge in [-0.3, -0.25) is 4.79 Å². The highest BCUT2D eigenvalue weighted by Crippen LogP contribution is 2.27. The fraction of sp³-hybridized carbons (Fsp3) is 0. The maximum Gasteiger partial charge on any atom is 0.248 e. The second-order valence-corrected chi connectivity index (χ2v) is 6.29. The molecule has 0 fully saturated rings. The van der Waals surface area contributed by atoms with Crippen LogP contribution in [0, 0.1) is 0 Å². The molecule has 1 N–H and O–H groups in total. The Morgan fingerprint density at radius 3 is 2.26 bits per heavy atom. The first-order valence-corrected chi connectivity index (χ1v) is 8.73. The Labute approximate surface area is 160 Å². The first-order valence-electron chi connectivity index (χ1n) is 8.35. The van der Waals surface area contributed by atoms with E-state index in [4.69, 9.17) is 11.6 Å². The lowest BCUT2D eigenvalue weighted by atomic mass is 10.2. The van der Waals surface area contributed by atoms with E-state index >= 15 is 0 Å². The Morgan fingerprint density at radius 2 is 1.56 bits per heavy atom. The van der Waals surface area contributed by atoms with Crippen LogP contribution < -0.4 is 5.32 Å². The Morgan fingerprint density at radius 1 is 0.926 bits per heavy atom. The summed E-state index contributed by atoms with van der Waals surface area (Å²) in [6.45, 7) is 0. The third-order valence-corrected chi connectivity index (χ3v) is 4.25. The molecule has 1 aromatic heterocycles. The zero-order valence-corrected chi connectivity index (χ0v) is 15.0. The van der Waals surface area contributed by atoms with Crippen LogP contribution in [0.2, 0.25) is 5.02 Å². The number of halogens is 1. The fourth-order valence-electron chi connectivity index (χ4n) is 2.62. The van der Waals surface area contributed by atoms with Gasteiger partial charge in [-0.1, -0.05) is 60.1 Å². The highest BCUT2D eigenvalue weighted by Gasteiger charge is 2.10. The number of anilines is 1. The SMILES string of the molecule is O=C(/C=C/c1ccccc1)Nc1cc2nn(-c3ccccc3)nc2cc1Cl. The van der Waals surface area contributed by atoms with Gasteiger partial charge < -0.3 is 5.32 Å². The molecule has 4 rings (SSSR count). The molecule has 0 radical (unpaired) electrons. The summed E-state index contributed by atoms with van der Waals surface area (Å²) in [6.07, 6.45) is 3.21. The minimum absolute atomic E-state index is 0.268. The highest BCUT2D eigenvalue weighted by molar-refractivity contribution is 6.34. The predicted octanol–water partition coefficient (Wildman–Crippen LogP) is 4.73. The van der Waals surface area contributed by atoms with Crippen LogP contribution >= 0.6 is 11.6 Å². The van der Waals surface area contributed by atoms with Crippen molar-refractivity contribution in [2.45, 2.75) is 0 Å². The molecule has 4 aromatic rings. The van der Waals surface area contributed by atoms with Gasteiger partial charge in [-0.2, -0.15) is 4.80 Å². The van der Waals surface area contributed by atoms with Gasteiger partial charge in [0.1, 0.15) is 11.0 Å². The van der Waals surface area contributed by atoms with Crippen LogP contribution in [-0.4, -0.2) is 20.9 Å². The van der Waals surface area contributed by atoms with Crippen molar-refractivity contribution in [1.29, 1.82) is 0 Å². The molecule has 5 nitrogen and oxygen atoms in total. The van der Waals surface area contributed by atoms with Crippen LogP contribution in [0.25, 0.3) is 22.8 Å². The van der Waals surface area contributed by atoms with Crippen molar-refractivity contribution >= 4 is 40.3 Å². The number of nitrogens with zero attached hydrogens (tertiary/aromatic N) is 3. The Bertz CT molecular complexity index is 1120. The lowest BCUT2D eigenvalue weighted by Crippen LogP contribution is -2.08. The molecule has 6 heteroatoms. The number of carbonyl (C=O) groups is 1. The van der Waals surface area contributed by atoms with E-state index in [9.17, 15) is 4.79 Å². The van der Waals surface area contributed by atoms with Gasteiger partial charge in [-0.15, -0.1) is 10.2 Å². The molecular weight excluding hydrogens is 360 g/mol. The number of hydrogen-bond acceptors (Lipinski definition) is 3. The summed E-state index contributed by atoms with van der Waals surface area (Å²) in [7, 11) is 0. The molecule has 0 aliphatic heterocycles. The molecule has 0 aliphatic carbocycles. The first kappa shape index (κ1) is 17.0. The number of hydrogen-bond donors (Lipinski definition) is 1. The monoisotopic (exact) mass is 374 g/mol. The third-order valence-electron chi connectivity index (χ3n) is 3.94. The van der Waals surface area contributed by atoms with E-state index in [-0.39, 0.29) is 5.91 Å². The van der Waals surface area contributed by atoms with Crippen molar-refractivity contribution in [3.05, 3.63) is 89.5 Å². The first-order chi connectivity index (χ1) is 13.2. The van der Waals surface area contributed by atoms with Gasteiger partial charge in [0.2, 0.25) is 5.91 Å². The van der Waals surface area contributed by atoms with Gasteiger partial charge in [0.05, 0.1) is 16.4 Å². The van der Waals surface area contributed by atoms with Crippen LogP contribution in [0.4, 0.5) is 5.69 Å². The van der Waals surface area contributed by atoms with E-state index in [1.54, 1.807) is 23.0 Å². The van der Waals surface area contributed by atoms with Crippen LogP contribution in [-0.2, 0) is 4.79 Å². The maximum atomic E-state index is 12.2. The van der Waals surface area contributed by atoms with Gasteiger partial charge in [0.15, 0.2) is 0 Å².